The van der Waals surface area contributed by atoms with Crippen LogP contribution in [0.2, 0.25) is 0 Å². The Morgan fingerprint density at radius 2 is 2.17 bits per heavy atom. The third kappa shape index (κ3) is 5.59. The SMILES string of the molecule is CC(CC(=O)N1CCC(OCCCN)CC1)c1cccc(F)c1. The molecule has 1 heterocycles. The lowest BCUT2D eigenvalue weighted by Crippen LogP contribution is -2.41. The molecule has 23 heavy (non-hydrogen) atoms. The number of nitrogens with two attached hydrogens (primary N) is 1. The van der Waals surface area contributed by atoms with Gasteiger partial charge in [0.05, 0.1) is 6.10 Å². The average Bonchev–Trinajstić information content (AvgIpc) is 2.55. The fourth-order valence-electron chi connectivity index (χ4n) is 2.93. The van der Waals surface area contributed by atoms with Gasteiger partial charge in [-0.1, -0.05) is 19.1 Å². The van der Waals surface area contributed by atoms with Crippen molar-refractivity contribution >= 4 is 5.91 Å². The molecule has 128 valence electrons. The van der Waals surface area contributed by atoms with Crippen molar-refractivity contribution in [3.8, 4) is 0 Å². The minimum Gasteiger partial charge on any atom is -0.378 e. The summed E-state index contributed by atoms with van der Waals surface area (Å²) in [6.07, 6.45) is 3.30. The van der Waals surface area contributed by atoms with Crippen molar-refractivity contribution in [1.82, 2.24) is 4.90 Å². The van der Waals surface area contributed by atoms with Crippen molar-refractivity contribution in [3.05, 3.63) is 35.6 Å². The highest BCUT2D eigenvalue weighted by molar-refractivity contribution is 5.77. The van der Waals surface area contributed by atoms with E-state index >= 15 is 0 Å². The topological polar surface area (TPSA) is 55.6 Å². The van der Waals surface area contributed by atoms with E-state index in [2.05, 4.69) is 0 Å². The Labute approximate surface area is 137 Å². The zero-order valence-electron chi connectivity index (χ0n) is 13.8. The Balaban J connectivity index is 1.76. The van der Waals surface area contributed by atoms with E-state index in [1.54, 1.807) is 6.07 Å². The fraction of sp³-hybridized carbons (Fsp3) is 0.611. The molecule has 1 saturated heterocycles. The number of halogens is 1. The van der Waals surface area contributed by atoms with E-state index in [9.17, 15) is 9.18 Å². The second kappa shape index (κ2) is 8.99. The van der Waals surface area contributed by atoms with E-state index in [-0.39, 0.29) is 23.7 Å². The molecule has 0 spiro atoms. The van der Waals surface area contributed by atoms with E-state index in [0.29, 0.717) is 19.6 Å². The molecule has 1 fully saturated rings. The summed E-state index contributed by atoms with van der Waals surface area (Å²) >= 11 is 0. The van der Waals surface area contributed by atoms with Gasteiger partial charge in [-0.05, 0) is 49.4 Å². The quantitative estimate of drug-likeness (QED) is 0.785. The number of ether oxygens (including phenoxy) is 1. The summed E-state index contributed by atoms with van der Waals surface area (Å²) in [6, 6.07) is 6.50. The number of amides is 1. The van der Waals surface area contributed by atoms with Gasteiger partial charge >= 0.3 is 0 Å². The summed E-state index contributed by atoms with van der Waals surface area (Å²) in [7, 11) is 0. The van der Waals surface area contributed by atoms with Crippen molar-refractivity contribution in [1.29, 1.82) is 0 Å². The number of hydrogen-bond acceptors (Lipinski definition) is 3. The maximum absolute atomic E-state index is 13.3. The second-order valence-electron chi connectivity index (χ2n) is 6.25. The van der Waals surface area contributed by atoms with Crippen LogP contribution in [0.5, 0.6) is 0 Å². The summed E-state index contributed by atoms with van der Waals surface area (Å²) in [5.41, 5.74) is 6.33. The van der Waals surface area contributed by atoms with Gasteiger partial charge in [-0.3, -0.25) is 4.79 Å². The maximum atomic E-state index is 13.3. The molecular formula is C18H27FN2O2. The first-order valence-electron chi connectivity index (χ1n) is 8.45. The van der Waals surface area contributed by atoms with Crippen LogP contribution in [0.4, 0.5) is 4.39 Å². The fourth-order valence-corrected chi connectivity index (χ4v) is 2.93. The predicted molar refractivity (Wildman–Crippen MR) is 88.7 cm³/mol. The largest absolute Gasteiger partial charge is 0.378 e. The van der Waals surface area contributed by atoms with Crippen LogP contribution in [0.1, 0.15) is 44.1 Å². The second-order valence-corrected chi connectivity index (χ2v) is 6.25. The average molecular weight is 322 g/mol. The summed E-state index contributed by atoms with van der Waals surface area (Å²) in [6.45, 7) is 4.79. The summed E-state index contributed by atoms with van der Waals surface area (Å²) in [5, 5.41) is 0. The predicted octanol–water partition coefficient (Wildman–Crippen LogP) is 2.68. The molecular weight excluding hydrogens is 295 g/mol. The maximum Gasteiger partial charge on any atom is 0.223 e. The molecule has 2 rings (SSSR count). The Bertz CT molecular complexity index is 502. The first kappa shape index (κ1) is 17.9. The van der Waals surface area contributed by atoms with Gasteiger partial charge in [0.2, 0.25) is 5.91 Å². The first-order chi connectivity index (χ1) is 11.1. The van der Waals surface area contributed by atoms with Gasteiger partial charge in [0, 0.05) is 26.1 Å². The summed E-state index contributed by atoms with van der Waals surface area (Å²) in [4.78, 5) is 14.3. The van der Waals surface area contributed by atoms with Crippen LogP contribution < -0.4 is 5.73 Å². The standard InChI is InChI=1S/C18H27FN2O2/c1-14(15-4-2-5-16(19)13-15)12-18(22)21-9-6-17(7-10-21)23-11-3-8-20/h2,4-5,13-14,17H,3,6-12,20H2,1H3. The molecule has 5 heteroatoms. The van der Waals surface area contributed by atoms with Crippen molar-refractivity contribution in [3.63, 3.8) is 0 Å². The normalized spacial score (nSPS) is 17.3. The number of rotatable bonds is 7. The van der Waals surface area contributed by atoms with Crippen LogP contribution >= 0.6 is 0 Å². The molecule has 1 amide bonds. The van der Waals surface area contributed by atoms with Gasteiger partial charge in [0.15, 0.2) is 0 Å². The van der Waals surface area contributed by atoms with E-state index in [1.165, 1.54) is 12.1 Å². The Kier molecular flexibility index (Phi) is 6.99. The number of hydrogen-bond donors (Lipinski definition) is 1. The van der Waals surface area contributed by atoms with E-state index in [1.807, 2.05) is 17.9 Å². The third-order valence-corrected chi connectivity index (χ3v) is 4.40. The van der Waals surface area contributed by atoms with E-state index in [4.69, 9.17) is 10.5 Å². The molecule has 0 bridgehead atoms. The molecule has 1 unspecified atom stereocenters. The number of likely N-dealkylation sites (tertiary alicyclic amines) is 1. The molecule has 1 aromatic carbocycles. The Morgan fingerprint density at radius 1 is 1.43 bits per heavy atom. The van der Waals surface area contributed by atoms with Crippen molar-refractivity contribution in [2.45, 2.75) is 44.6 Å². The monoisotopic (exact) mass is 322 g/mol. The van der Waals surface area contributed by atoms with E-state index < -0.39 is 0 Å². The third-order valence-electron chi connectivity index (χ3n) is 4.40. The number of carbonyl (C=O) groups is 1. The molecule has 0 radical (unpaired) electrons. The lowest BCUT2D eigenvalue weighted by Gasteiger charge is -2.32. The van der Waals surface area contributed by atoms with Gasteiger partial charge in [0.25, 0.3) is 0 Å². The van der Waals surface area contributed by atoms with Gasteiger partial charge in [-0.15, -0.1) is 0 Å². The van der Waals surface area contributed by atoms with Crippen LogP contribution in [0.15, 0.2) is 24.3 Å². The van der Waals surface area contributed by atoms with Gasteiger partial charge in [-0.25, -0.2) is 4.39 Å². The Morgan fingerprint density at radius 3 is 2.83 bits per heavy atom. The molecule has 0 aromatic heterocycles. The lowest BCUT2D eigenvalue weighted by atomic mass is 9.96. The molecule has 0 saturated carbocycles. The van der Waals surface area contributed by atoms with Gasteiger partial charge in [0.1, 0.15) is 5.82 Å². The number of piperidine rings is 1. The highest BCUT2D eigenvalue weighted by Crippen LogP contribution is 2.22. The number of benzene rings is 1. The first-order valence-corrected chi connectivity index (χ1v) is 8.45. The van der Waals surface area contributed by atoms with Crippen LogP contribution in [-0.2, 0) is 9.53 Å². The van der Waals surface area contributed by atoms with Crippen LogP contribution in [0, 0.1) is 5.82 Å². The highest BCUT2D eigenvalue weighted by Gasteiger charge is 2.24. The minimum absolute atomic E-state index is 0.0247. The summed E-state index contributed by atoms with van der Waals surface area (Å²) in [5.74, 6) is -0.0869. The number of carbonyl (C=O) groups excluding carboxylic acids is 1. The molecule has 4 nitrogen and oxygen atoms in total. The van der Waals surface area contributed by atoms with E-state index in [0.717, 1.165) is 37.9 Å². The van der Waals surface area contributed by atoms with Crippen molar-refractivity contribution in [2.24, 2.45) is 5.73 Å². The van der Waals surface area contributed by atoms with Crippen molar-refractivity contribution in [2.75, 3.05) is 26.2 Å². The molecule has 1 aliphatic heterocycles. The molecule has 1 aliphatic rings. The Hall–Kier alpha value is -1.46. The van der Waals surface area contributed by atoms with Gasteiger partial charge in [-0.2, -0.15) is 0 Å². The van der Waals surface area contributed by atoms with Crippen LogP contribution in [0.25, 0.3) is 0 Å². The molecule has 1 atom stereocenters. The van der Waals surface area contributed by atoms with Gasteiger partial charge < -0.3 is 15.4 Å². The molecule has 2 N–H and O–H groups in total. The number of nitrogens with zero attached hydrogens (tertiary/aromatic N) is 1. The zero-order valence-corrected chi connectivity index (χ0v) is 13.8. The van der Waals surface area contributed by atoms with Crippen LogP contribution in [0.3, 0.4) is 0 Å². The molecule has 1 aromatic rings. The summed E-state index contributed by atoms with van der Waals surface area (Å²) < 4.78 is 19.0. The highest BCUT2D eigenvalue weighted by atomic mass is 19.1. The zero-order chi connectivity index (χ0) is 16.7. The van der Waals surface area contributed by atoms with Crippen LogP contribution in [-0.4, -0.2) is 43.2 Å². The lowest BCUT2D eigenvalue weighted by molar-refractivity contribution is -0.134. The minimum atomic E-state index is -0.253. The van der Waals surface area contributed by atoms with Crippen molar-refractivity contribution < 1.29 is 13.9 Å². The molecule has 0 aliphatic carbocycles. The smallest absolute Gasteiger partial charge is 0.223 e.